The smallest absolute Gasteiger partial charge is 0.407 e. The molecule has 4 aliphatic rings. The molecule has 4 fully saturated rings. The highest BCUT2D eigenvalue weighted by molar-refractivity contribution is 5.67. The van der Waals surface area contributed by atoms with Crippen molar-refractivity contribution in [3.8, 4) is 0 Å². The van der Waals surface area contributed by atoms with Crippen LogP contribution in [0.5, 0.6) is 0 Å². The van der Waals surface area contributed by atoms with Gasteiger partial charge in [0.1, 0.15) is 5.60 Å². The highest BCUT2D eigenvalue weighted by Gasteiger charge is 2.73. The van der Waals surface area contributed by atoms with Gasteiger partial charge in [0.05, 0.1) is 30.0 Å². The average molecular weight is 465 g/mol. The van der Waals surface area contributed by atoms with Crippen molar-refractivity contribution in [3.63, 3.8) is 0 Å². The number of carbonyl (C=O) groups is 1. The molecule has 3 heterocycles. The van der Waals surface area contributed by atoms with E-state index in [9.17, 15) is 9.90 Å². The number of hydrogen-bond acceptors (Lipinski definition) is 5. The molecule has 3 saturated heterocycles. The molecule has 0 aromatic carbocycles. The number of allylic oxidation sites excluding steroid dienone is 1. The summed E-state index contributed by atoms with van der Waals surface area (Å²) in [6, 6.07) is 0. The fourth-order valence-electron chi connectivity index (χ4n) is 7.25. The maximum Gasteiger partial charge on any atom is 0.407 e. The molecule has 0 aromatic rings. The molecule has 3 aliphatic heterocycles. The second-order valence-electron chi connectivity index (χ2n) is 11.1. The van der Waals surface area contributed by atoms with Gasteiger partial charge in [-0.25, -0.2) is 4.79 Å². The quantitative estimate of drug-likeness (QED) is 0.408. The molecule has 0 radical (unpaired) electrons. The minimum atomic E-state index is -0.802. The van der Waals surface area contributed by atoms with Crippen LogP contribution in [-0.2, 0) is 14.2 Å². The van der Waals surface area contributed by atoms with Gasteiger partial charge in [-0.2, -0.15) is 0 Å². The monoisotopic (exact) mass is 464 g/mol. The third kappa shape index (κ3) is 4.24. The topological polar surface area (TPSA) is 78.1 Å². The Balaban J connectivity index is 1.69. The van der Waals surface area contributed by atoms with Crippen molar-refractivity contribution >= 4 is 6.09 Å². The Hall–Kier alpha value is -1.15. The molecule has 7 heteroatoms. The summed E-state index contributed by atoms with van der Waals surface area (Å²) < 4.78 is 18.9. The number of epoxide rings is 2. The van der Waals surface area contributed by atoms with E-state index in [1.165, 1.54) is 5.57 Å². The van der Waals surface area contributed by atoms with Gasteiger partial charge >= 0.3 is 6.09 Å². The Morgan fingerprint density at radius 2 is 1.97 bits per heavy atom. The lowest BCUT2D eigenvalue weighted by Gasteiger charge is -2.53. The van der Waals surface area contributed by atoms with E-state index >= 15 is 0 Å². The standard InChI is InChI=1S/C26H44N2O5/c1-7-27(8-2)16-25(13-9-15-28(25)23(29)30)19-12-14-26(17-32-26)22(21(19)31-6)24(5)20(33-24)11-10-18(3)4/h10,19-22H,7-9,11-17H2,1-6H3,(H,29,30)/t19-,20+,21-,22+,24-,25-,26-/m0/s1. The SMILES string of the molecule is CCN(CC)C[C@]1([C@H]2CC[C@]3(CO3)[C@@H]([C@@]3(C)O[C@@H]3CC=C(C)C)[C@H]2OC)CCCN1C(=O)O. The number of carboxylic acid groups (broad SMARTS) is 1. The predicted octanol–water partition coefficient (Wildman–Crippen LogP) is 4.16. The lowest BCUT2D eigenvalue weighted by atomic mass is 9.60. The Morgan fingerprint density at radius 1 is 1.27 bits per heavy atom. The number of hydrogen-bond donors (Lipinski definition) is 1. The minimum Gasteiger partial charge on any atom is -0.465 e. The van der Waals surface area contributed by atoms with Gasteiger partial charge in [-0.1, -0.05) is 25.5 Å². The molecule has 0 bridgehead atoms. The van der Waals surface area contributed by atoms with Crippen LogP contribution in [0.4, 0.5) is 4.79 Å². The number of nitrogens with zero attached hydrogens (tertiary/aromatic N) is 2. The van der Waals surface area contributed by atoms with Crippen LogP contribution < -0.4 is 0 Å². The van der Waals surface area contributed by atoms with Crippen LogP contribution in [0.15, 0.2) is 11.6 Å². The summed E-state index contributed by atoms with van der Waals surface area (Å²) in [5, 5.41) is 10.2. The molecule has 7 nitrogen and oxygen atoms in total. The fraction of sp³-hybridized carbons (Fsp3) is 0.885. The van der Waals surface area contributed by atoms with E-state index in [0.717, 1.165) is 58.3 Å². The van der Waals surface area contributed by atoms with Crippen LogP contribution in [0, 0.1) is 11.8 Å². The highest BCUT2D eigenvalue weighted by atomic mass is 16.6. The van der Waals surface area contributed by atoms with Gasteiger partial charge in [-0.15, -0.1) is 0 Å². The highest BCUT2D eigenvalue weighted by Crippen LogP contribution is 2.62. The van der Waals surface area contributed by atoms with Crippen molar-refractivity contribution in [2.24, 2.45) is 11.8 Å². The van der Waals surface area contributed by atoms with Gasteiger partial charge in [0.15, 0.2) is 0 Å². The van der Waals surface area contributed by atoms with Gasteiger partial charge in [0.25, 0.3) is 0 Å². The second kappa shape index (κ2) is 9.14. The van der Waals surface area contributed by atoms with Gasteiger partial charge in [-0.05, 0) is 66.0 Å². The number of methoxy groups -OCH3 is 1. The minimum absolute atomic E-state index is 0.0986. The van der Waals surface area contributed by atoms with Gasteiger partial charge in [-0.3, -0.25) is 0 Å². The average Bonchev–Trinajstić information content (AvgIpc) is 3.64. The number of likely N-dealkylation sites (N-methyl/N-ethyl adjacent to an activating group) is 1. The van der Waals surface area contributed by atoms with E-state index in [0.29, 0.717) is 6.54 Å². The van der Waals surface area contributed by atoms with Crippen LogP contribution >= 0.6 is 0 Å². The maximum atomic E-state index is 12.5. The lowest BCUT2D eigenvalue weighted by molar-refractivity contribution is -0.124. The summed E-state index contributed by atoms with van der Waals surface area (Å²) in [4.78, 5) is 16.6. The molecule has 1 saturated carbocycles. The zero-order valence-corrected chi connectivity index (χ0v) is 21.4. The third-order valence-corrected chi connectivity index (χ3v) is 9.14. The largest absolute Gasteiger partial charge is 0.465 e. The number of likely N-dealkylation sites (tertiary alicyclic amines) is 1. The molecule has 7 atom stereocenters. The molecule has 188 valence electrons. The van der Waals surface area contributed by atoms with Crippen LogP contribution in [0.25, 0.3) is 0 Å². The zero-order valence-electron chi connectivity index (χ0n) is 21.4. The van der Waals surface area contributed by atoms with Crippen molar-refractivity contribution < 1.29 is 24.1 Å². The molecule has 1 aliphatic carbocycles. The van der Waals surface area contributed by atoms with Crippen molar-refractivity contribution in [3.05, 3.63) is 11.6 Å². The van der Waals surface area contributed by atoms with E-state index in [2.05, 4.69) is 45.6 Å². The Kier molecular flexibility index (Phi) is 6.91. The summed E-state index contributed by atoms with van der Waals surface area (Å²) in [6.45, 7) is 14.7. The molecule has 0 unspecified atom stereocenters. The fourth-order valence-corrected chi connectivity index (χ4v) is 7.25. The van der Waals surface area contributed by atoms with E-state index in [-0.39, 0.29) is 35.2 Å². The Bertz CT molecular complexity index is 760. The Morgan fingerprint density at radius 3 is 2.52 bits per heavy atom. The van der Waals surface area contributed by atoms with E-state index in [1.54, 1.807) is 12.0 Å². The first-order chi connectivity index (χ1) is 15.7. The molecule has 33 heavy (non-hydrogen) atoms. The normalized spacial score (nSPS) is 42.1. The number of amides is 1. The molecular weight excluding hydrogens is 420 g/mol. The maximum absolute atomic E-state index is 12.5. The van der Waals surface area contributed by atoms with Crippen LogP contribution in [0.2, 0.25) is 0 Å². The summed E-state index contributed by atoms with van der Waals surface area (Å²) in [6.07, 6.45) is 6.08. The van der Waals surface area contributed by atoms with Crippen molar-refractivity contribution in [2.75, 3.05) is 39.9 Å². The van der Waals surface area contributed by atoms with Crippen molar-refractivity contribution in [2.45, 2.75) is 95.7 Å². The van der Waals surface area contributed by atoms with Crippen LogP contribution in [-0.4, -0.2) is 89.8 Å². The van der Waals surface area contributed by atoms with Gasteiger partial charge in [0, 0.05) is 32.0 Å². The summed E-state index contributed by atoms with van der Waals surface area (Å²) in [5.74, 6) is 0.223. The zero-order chi connectivity index (χ0) is 24.0. The molecule has 1 amide bonds. The first-order valence-electron chi connectivity index (χ1n) is 12.9. The second-order valence-corrected chi connectivity index (χ2v) is 11.1. The van der Waals surface area contributed by atoms with E-state index in [1.807, 2.05) is 0 Å². The molecule has 1 N–H and O–H groups in total. The third-order valence-electron chi connectivity index (χ3n) is 9.14. The first kappa shape index (κ1) is 25.0. The van der Waals surface area contributed by atoms with Crippen LogP contribution in [0.3, 0.4) is 0 Å². The molecule has 0 aromatic heterocycles. The van der Waals surface area contributed by atoms with Crippen molar-refractivity contribution in [1.82, 2.24) is 9.80 Å². The first-order valence-corrected chi connectivity index (χ1v) is 12.9. The molecular formula is C26H44N2O5. The lowest BCUT2D eigenvalue weighted by Crippen LogP contribution is -2.65. The van der Waals surface area contributed by atoms with E-state index < -0.39 is 11.6 Å². The summed E-state index contributed by atoms with van der Waals surface area (Å²) in [7, 11) is 1.80. The molecule has 1 spiro atoms. The van der Waals surface area contributed by atoms with Gasteiger partial charge < -0.3 is 29.1 Å². The van der Waals surface area contributed by atoms with Crippen molar-refractivity contribution in [1.29, 1.82) is 0 Å². The number of rotatable bonds is 9. The molecule has 4 rings (SSSR count). The Labute approximate surface area is 199 Å². The predicted molar refractivity (Wildman–Crippen MR) is 128 cm³/mol. The number of ether oxygens (including phenoxy) is 3. The van der Waals surface area contributed by atoms with E-state index in [4.69, 9.17) is 14.2 Å². The summed E-state index contributed by atoms with van der Waals surface area (Å²) in [5.41, 5.74) is 0.379. The van der Waals surface area contributed by atoms with Crippen LogP contribution in [0.1, 0.15) is 66.7 Å². The summed E-state index contributed by atoms with van der Waals surface area (Å²) >= 11 is 0. The van der Waals surface area contributed by atoms with Gasteiger partial charge in [0.2, 0.25) is 0 Å².